The van der Waals surface area contributed by atoms with Crippen LogP contribution in [0, 0.1) is 12.7 Å². The third kappa shape index (κ3) is 6.01. The number of benzene rings is 3. The lowest BCUT2D eigenvalue weighted by Gasteiger charge is -2.25. The highest BCUT2D eigenvalue weighted by atomic mass is 32.2. The number of anilines is 2. The van der Waals surface area contributed by atoms with E-state index in [1.807, 2.05) is 13.0 Å². The molecule has 1 aliphatic heterocycles. The topological polar surface area (TPSA) is 129 Å². The quantitative estimate of drug-likeness (QED) is 0.0796. The molecule has 11 nitrogen and oxygen atoms in total. The Kier molecular flexibility index (Phi) is 8.20. The van der Waals surface area contributed by atoms with E-state index in [1.54, 1.807) is 48.5 Å². The summed E-state index contributed by atoms with van der Waals surface area (Å²) in [6, 6.07) is 16.8. The number of halogens is 1. The van der Waals surface area contributed by atoms with Crippen molar-refractivity contribution in [2.24, 2.45) is 0 Å². The van der Waals surface area contributed by atoms with Gasteiger partial charge in [0.2, 0.25) is 5.78 Å². The molecule has 0 atom stereocenters. The molecular formula is C30H29FN6O5S. The molecule has 3 heterocycles. The number of hydrogen-bond acceptors (Lipinski definition) is 10. The molecule has 3 aromatic carbocycles. The Hall–Kier alpha value is -4.56. The highest BCUT2D eigenvalue weighted by Gasteiger charge is 2.22. The van der Waals surface area contributed by atoms with Gasteiger partial charge in [-0.1, -0.05) is 12.1 Å². The Morgan fingerprint density at radius 3 is 2.70 bits per heavy atom. The number of fused-ring (bicyclic) bond motifs is 1. The largest absolute Gasteiger partial charge is 0.454 e. The average Bonchev–Trinajstić information content (AvgIpc) is 3.60. The van der Waals surface area contributed by atoms with Crippen LogP contribution in [0.2, 0.25) is 0 Å². The van der Waals surface area contributed by atoms with Crippen LogP contribution in [0.5, 0.6) is 17.2 Å². The molecular weight excluding hydrogens is 575 g/mol. The van der Waals surface area contributed by atoms with Gasteiger partial charge in [0.25, 0.3) is 0 Å². The number of aromatic amines is 1. The van der Waals surface area contributed by atoms with Crippen LogP contribution in [-0.2, 0) is 9.62 Å². The summed E-state index contributed by atoms with van der Waals surface area (Å²) in [5, 5.41) is 5.14. The third-order valence-electron chi connectivity index (χ3n) is 6.91. The van der Waals surface area contributed by atoms with Crippen LogP contribution in [0.4, 0.5) is 15.9 Å². The maximum atomic E-state index is 14.0. The Bertz CT molecular complexity index is 1780. The summed E-state index contributed by atoms with van der Waals surface area (Å²) in [4.78, 5) is 27.1. The van der Waals surface area contributed by atoms with Gasteiger partial charge < -0.3 is 29.8 Å². The van der Waals surface area contributed by atoms with Crippen LogP contribution in [-0.4, -0.2) is 58.3 Å². The molecule has 0 radical (unpaired) electrons. The Morgan fingerprint density at radius 1 is 1.12 bits per heavy atom. The number of ether oxygens (including phenoxy) is 2. The molecule has 43 heavy (non-hydrogen) atoms. The smallest absolute Gasteiger partial charge is 0.214 e. The van der Waals surface area contributed by atoms with E-state index in [9.17, 15) is 9.18 Å². The number of nitrogens with two attached hydrogens (primary N) is 1. The van der Waals surface area contributed by atoms with Crippen molar-refractivity contribution in [3.8, 4) is 22.9 Å². The van der Waals surface area contributed by atoms with E-state index >= 15 is 0 Å². The molecule has 0 amide bonds. The van der Waals surface area contributed by atoms with Gasteiger partial charge >= 0.3 is 0 Å². The second-order valence-electron chi connectivity index (χ2n) is 9.77. The minimum Gasteiger partial charge on any atom is -0.454 e. The highest BCUT2D eigenvalue weighted by molar-refractivity contribution is 7.98. The number of nitrogen functional groups attached to an aromatic ring is 1. The fraction of sp³-hybridized carbons (Fsp3) is 0.200. The lowest BCUT2D eigenvalue weighted by atomic mass is 10.1. The number of nitrogens with one attached hydrogen (secondary N) is 2. The van der Waals surface area contributed by atoms with Gasteiger partial charge in [-0.3, -0.25) is 4.79 Å². The van der Waals surface area contributed by atoms with Crippen molar-refractivity contribution < 1.29 is 28.4 Å². The Balaban J connectivity index is 1.23. The van der Waals surface area contributed by atoms with Crippen LogP contribution in [0.3, 0.4) is 0 Å². The van der Waals surface area contributed by atoms with E-state index in [0.717, 1.165) is 29.6 Å². The van der Waals surface area contributed by atoms with Gasteiger partial charge in [0.05, 0.1) is 49.2 Å². The number of rotatable bonds is 10. The molecule has 2 aromatic heterocycles. The SMILES string of the molecule is COOc1cc2cc(C(=O)c3cnn(-c4ccc(Oc5ccccc5F)cc4C)c3N)[nH]c2cc1NSN1CCOCC1. The van der Waals surface area contributed by atoms with Gasteiger partial charge in [0, 0.05) is 36.1 Å². The summed E-state index contributed by atoms with van der Waals surface area (Å²) in [5.41, 5.74) is 9.85. The van der Waals surface area contributed by atoms with E-state index in [0.29, 0.717) is 41.8 Å². The first-order valence-corrected chi connectivity index (χ1v) is 14.2. The van der Waals surface area contributed by atoms with Gasteiger partial charge in [0.15, 0.2) is 17.3 Å². The Morgan fingerprint density at radius 2 is 1.93 bits per heavy atom. The first kappa shape index (κ1) is 28.6. The monoisotopic (exact) mass is 604 g/mol. The predicted octanol–water partition coefficient (Wildman–Crippen LogP) is 5.65. The zero-order valence-corrected chi connectivity index (χ0v) is 24.2. The van der Waals surface area contributed by atoms with Crippen molar-refractivity contribution in [2.75, 3.05) is 43.9 Å². The van der Waals surface area contributed by atoms with Crippen LogP contribution < -0.4 is 20.1 Å². The maximum absolute atomic E-state index is 14.0. The van der Waals surface area contributed by atoms with E-state index in [1.165, 1.54) is 36.2 Å². The molecule has 6 rings (SSSR count). The van der Waals surface area contributed by atoms with E-state index in [-0.39, 0.29) is 22.9 Å². The van der Waals surface area contributed by atoms with E-state index in [2.05, 4.69) is 19.1 Å². The molecule has 222 valence electrons. The van der Waals surface area contributed by atoms with Gasteiger partial charge in [0.1, 0.15) is 11.6 Å². The predicted molar refractivity (Wildman–Crippen MR) is 162 cm³/mol. The fourth-order valence-corrected chi connectivity index (χ4v) is 5.44. The van der Waals surface area contributed by atoms with Gasteiger partial charge in [-0.05, 0) is 61.0 Å². The molecule has 4 N–H and O–H groups in total. The summed E-state index contributed by atoms with van der Waals surface area (Å²) in [6.07, 6.45) is 1.44. The molecule has 5 aromatic rings. The van der Waals surface area contributed by atoms with Gasteiger partial charge in [-0.15, -0.1) is 0 Å². The summed E-state index contributed by atoms with van der Waals surface area (Å²) < 4.78 is 32.1. The second-order valence-corrected chi connectivity index (χ2v) is 10.7. The standard InChI is InChI=1S/C30H29FN6O5S/c1-18-13-20(41-27-6-4-3-5-22(27)31)7-8-26(18)37-30(32)21(17-33-37)29(38)25-14-19-15-28(42-39-2)24(16-23(19)34-25)35-43-36-9-11-40-12-10-36/h3-8,13-17,34-35H,9-12,32H2,1-2H3. The molecule has 1 fully saturated rings. The molecule has 1 saturated heterocycles. The van der Waals surface area contributed by atoms with Gasteiger partial charge in [-0.25, -0.2) is 13.4 Å². The normalized spacial score (nSPS) is 13.7. The number of hydrogen-bond donors (Lipinski definition) is 3. The zero-order chi connectivity index (χ0) is 29.9. The molecule has 0 unspecified atom stereocenters. The number of morpholine rings is 1. The summed E-state index contributed by atoms with van der Waals surface area (Å²) in [5.74, 6) is 0.465. The highest BCUT2D eigenvalue weighted by Crippen LogP contribution is 2.34. The molecule has 0 bridgehead atoms. The number of carbonyl (C=O) groups excluding carboxylic acids is 1. The molecule has 0 saturated carbocycles. The summed E-state index contributed by atoms with van der Waals surface area (Å²) >= 11 is 1.45. The third-order valence-corrected chi connectivity index (χ3v) is 7.84. The number of aryl methyl sites for hydroxylation is 1. The minimum absolute atomic E-state index is 0.124. The average molecular weight is 605 g/mol. The van der Waals surface area contributed by atoms with Crippen LogP contribution in [0.1, 0.15) is 21.6 Å². The molecule has 0 spiro atoms. The van der Waals surface area contributed by atoms with Crippen molar-refractivity contribution in [3.05, 3.63) is 89.5 Å². The van der Waals surface area contributed by atoms with Crippen molar-refractivity contribution in [2.45, 2.75) is 6.92 Å². The number of aromatic nitrogens is 3. The van der Waals surface area contributed by atoms with Crippen molar-refractivity contribution >= 4 is 40.3 Å². The molecule has 1 aliphatic rings. The zero-order valence-electron chi connectivity index (χ0n) is 23.4. The second kappa shape index (κ2) is 12.4. The van der Waals surface area contributed by atoms with E-state index < -0.39 is 5.82 Å². The Labute approximate surface area is 250 Å². The van der Waals surface area contributed by atoms with Crippen LogP contribution >= 0.6 is 12.1 Å². The fourth-order valence-electron chi connectivity index (χ4n) is 4.73. The number of para-hydroxylation sites is 1. The molecule has 13 heteroatoms. The maximum Gasteiger partial charge on any atom is 0.214 e. The lowest BCUT2D eigenvalue weighted by molar-refractivity contribution is -0.177. The lowest BCUT2D eigenvalue weighted by Crippen LogP contribution is -2.32. The number of ketones is 1. The van der Waals surface area contributed by atoms with Crippen LogP contribution in [0.25, 0.3) is 16.6 Å². The number of carbonyl (C=O) groups is 1. The van der Waals surface area contributed by atoms with E-state index in [4.69, 9.17) is 25.0 Å². The number of H-pyrrole nitrogens is 1. The first-order valence-electron chi connectivity index (χ1n) is 13.5. The van der Waals surface area contributed by atoms with Gasteiger partial charge in [-0.2, -0.15) is 9.99 Å². The number of nitrogens with zero attached hydrogens (tertiary/aromatic N) is 3. The minimum atomic E-state index is -0.456. The van der Waals surface area contributed by atoms with Crippen molar-refractivity contribution in [1.29, 1.82) is 0 Å². The van der Waals surface area contributed by atoms with Crippen molar-refractivity contribution in [3.63, 3.8) is 0 Å². The summed E-state index contributed by atoms with van der Waals surface area (Å²) in [6.45, 7) is 4.79. The molecule has 0 aliphatic carbocycles. The first-order chi connectivity index (χ1) is 20.9. The van der Waals surface area contributed by atoms with Crippen LogP contribution in [0.15, 0.2) is 66.9 Å². The van der Waals surface area contributed by atoms with Crippen molar-refractivity contribution in [1.82, 2.24) is 19.1 Å². The summed E-state index contributed by atoms with van der Waals surface area (Å²) in [7, 11) is 1.43.